The van der Waals surface area contributed by atoms with E-state index >= 15 is 0 Å². The Morgan fingerprint density at radius 1 is 1.22 bits per heavy atom. The van der Waals surface area contributed by atoms with Crippen molar-refractivity contribution in [3.05, 3.63) is 80.0 Å². The molecule has 0 radical (unpaired) electrons. The summed E-state index contributed by atoms with van der Waals surface area (Å²) in [6.45, 7) is 0.750. The van der Waals surface area contributed by atoms with Crippen LogP contribution in [0.5, 0.6) is 5.75 Å². The van der Waals surface area contributed by atoms with Crippen LogP contribution < -0.4 is 21.3 Å². The number of aromatic amines is 1. The topological polar surface area (TPSA) is 128 Å². The molecule has 4 aromatic rings. The number of nitrogens with one attached hydrogen (secondary N) is 2. The number of carbonyl (C=O) groups is 1. The molecule has 164 valence electrons. The molecule has 4 rings (SSSR count). The summed E-state index contributed by atoms with van der Waals surface area (Å²) < 4.78 is 7.89. The molecule has 3 aromatic heterocycles. The van der Waals surface area contributed by atoms with Gasteiger partial charge in [-0.3, -0.25) is 14.2 Å². The number of halogens is 1. The molecule has 3 heterocycles. The van der Waals surface area contributed by atoms with Gasteiger partial charge in [-0.25, -0.2) is 0 Å². The van der Waals surface area contributed by atoms with E-state index in [9.17, 15) is 9.59 Å². The first-order valence-electron chi connectivity index (χ1n) is 9.65. The fourth-order valence-electron chi connectivity index (χ4n) is 3.06. The minimum Gasteiger partial charge on any atom is -0.491 e. The molecule has 32 heavy (non-hydrogen) atoms. The maximum Gasteiger partial charge on any atom is 0.261 e. The summed E-state index contributed by atoms with van der Waals surface area (Å²) in [5, 5.41) is 13.8. The fraction of sp³-hybridized carbons (Fsp3) is 0.143. The van der Waals surface area contributed by atoms with Crippen molar-refractivity contribution in [1.82, 2.24) is 25.3 Å². The third kappa shape index (κ3) is 4.72. The molecule has 9 nitrogen and oxygen atoms in total. The summed E-state index contributed by atoms with van der Waals surface area (Å²) in [6, 6.07) is 13.6. The van der Waals surface area contributed by atoms with Crippen molar-refractivity contribution in [3.63, 3.8) is 0 Å². The average molecular weight is 471 g/mol. The standard InChI is InChI=1S/C21H19ClN6O3S/c22-18-7-6-17(32-18)21(30)24-12-15-20(26-27-25-15)14-5-4-13(11-16(14)31-10-8-23)28-9-2-1-3-19(28)29/h1-7,9,11H,8,10,12,23H2,(H,24,30)(H,25,26,27). The SMILES string of the molecule is NCCOc1cc(-n2ccccc2=O)ccc1-c1n[nH]nc1CNC(=O)c1ccc(Cl)s1. The molecule has 0 saturated carbocycles. The predicted molar refractivity (Wildman–Crippen MR) is 122 cm³/mol. The van der Waals surface area contributed by atoms with Gasteiger partial charge < -0.3 is 15.8 Å². The van der Waals surface area contributed by atoms with Gasteiger partial charge in [0.15, 0.2) is 0 Å². The minimum absolute atomic E-state index is 0.149. The summed E-state index contributed by atoms with van der Waals surface area (Å²) >= 11 is 7.10. The molecular formula is C21H19ClN6O3S. The predicted octanol–water partition coefficient (Wildman–Crippen LogP) is 2.60. The largest absolute Gasteiger partial charge is 0.491 e. The summed E-state index contributed by atoms with van der Waals surface area (Å²) in [6.07, 6.45) is 1.68. The Morgan fingerprint density at radius 2 is 2.09 bits per heavy atom. The van der Waals surface area contributed by atoms with Crippen molar-refractivity contribution in [2.45, 2.75) is 6.54 Å². The molecule has 1 amide bonds. The van der Waals surface area contributed by atoms with Gasteiger partial charge in [-0.05, 0) is 30.3 Å². The van der Waals surface area contributed by atoms with Crippen LogP contribution >= 0.6 is 22.9 Å². The third-order valence-electron chi connectivity index (χ3n) is 4.53. The van der Waals surface area contributed by atoms with Gasteiger partial charge in [0.25, 0.3) is 11.5 Å². The van der Waals surface area contributed by atoms with E-state index in [1.54, 1.807) is 48.7 Å². The number of aromatic nitrogens is 4. The van der Waals surface area contributed by atoms with E-state index in [1.165, 1.54) is 22.0 Å². The number of thiophene rings is 1. The molecule has 1 aromatic carbocycles. The van der Waals surface area contributed by atoms with Crippen LogP contribution in [0.1, 0.15) is 15.4 Å². The molecule has 0 bridgehead atoms. The Labute approximate surface area is 191 Å². The van der Waals surface area contributed by atoms with Gasteiger partial charge in [-0.1, -0.05) is 17.7 Å². The normalized spacial score (nSPS) is 10.8. The number of benzene rings is 1. The van der Waals surface area contributed by atoms with E-state index in [0.717, 1.165) is 0 Å². The zero-order valence-electron chi connectivity index (χ0n) is 16.7. The lowest BCUT2D eigenvalue weighted by atomic mass is 10.1. The lowest BCUT2D eigenvalue weighted by molar-refractivity contribution is 0.0954. The zero-order chi connectivity index (χ0) is 22.5. The van der Waals surface area contributed by atoms with E-state index < -0.39 is 0 Å². The number of ether oxygens (including phenoxy) is 1. The molecule has 0 unspecified atom stereocenters. The molecule has 0 spiro atoms. The van der Waals surface area contributed by atoms with Crippen LogP contribution in [0.15, 0.2) is 59.5 Å². The first-order chi connectivity index (χ1) is 15.6. The Morgan fingerprint density at radius 3 is 2.84 bits per heavy atom. The highest BCUT2D eigenvalue weighted by Crippen LogP contribution is 2.32. The third-order valence-corrected chi connectivity index (χ3v) is 5.76. The molecule has 0 saturated heterocycles. The number of hydrogen-bond acceptors (Lipinski definition) is 7. The van der Waals surface area contributed by atoms with Crippen molar-refractivity contribution >= 4 is 28.8 Å². The quantitative estimate of drug-likeness (QED) is 0.363. The first kappa shape index (κ1) is 21.8. The van der Waals surface area contributed by atoms with Crippen LogP contribution in [0.25, 0.3) is 16.9 Å². The van der Waals surface area contributed by atoms with Crippen molar-refractivity contribution in [2.24, 2.45) is 5.73 Å². The number of carbonyl (C=O) groups excluding carboxylic acids is 1. The van der Waals surface area contributed by atoms with Gasteiger partial charge in [0.2, 0.25) is 0 Å². The Bertz CT molecular complexity index is 1300. The van der Waals surface area contributed by atoms with Gasteiger partial charge >= 0.3 is 0 Å². The molecule has 0 aliphatic heterocycles. The van der Waals surface area contributed by atoms with E-state index in [2.05, 4.69) is 20.7 Å². The van der Waals surface area contributed by atoms with Gasteiger partial charge in [0, 0.05) is 30.4 Å². The zero-order valence-corrected chi connectivity index (χ0v) is 18.3. The van der Waals surface area contributed by atoms with E-state index in [0.29, 0.717) is 44.1 Å². The van der Waals surface area contributed by atoms with E-state index in [-0.39, 0.29) is 24.6 Å². The van der Waals surface area contributed by atoms with Crippen LogP contribution in [0, 0.1) is 0 Å². The van der Waals surface area contributed by atoms with Gasteiger partial charge in [0.05, 0.1) is 21.4 Å². The average Bonchev–Trinajstić information content (AvgIpc) is 3.45. The second-order valence-corrected chi connectivity index (χ2v) is 8.35. The summed E-state index contributed by atoms with van der Waals surface area (Å²) in [5.41, 5.74) is 7.80. The second kappa shape index (κ2) is 9.77. The minimum atomic E-state index is -0.255. The molecule has 0 aliphatic rings. The monoisotopic (exact) mass is 470 g/mol. The second-order valence-electron chi connectivity index (χ2n) is 6.63. The fourth-order valence-corrected chi connectivity index (χ4v) is 4.02. The lowest BCUT2D eigenvalue weighted by Gasteiger charge is -2.13. The summed E-state index contributed by atoms with van der Waals surface area (Å²) in [4.78, 5) is 25.1. The van der Waals surface area contributed by atoms with Gasteiger partial charge in [-0.2, -0.15) is 15.4 Å². The molecule has 11 heteroatoms. The molecule has 4 N–H and O–H groups in total. The molecule has 0 aliphatic carbocycles. The van der Waals surface area contributed by atoms with Crippen LogP contribution in [0.3, 0.4) is 0 Å². The highest BCUT2D eigenvalue weighted by molar-refractivity contribution is 7.17. The highest BCUT2D eigenvalue weighted by Gasteiger charge is 2.18. The number of H-pyrrole nitrogens is 1. The van der Waals surface area contributed by atoms with Crippen molar-refractivity contribution in [3.8, 4) is 22.7 Å². The Kier molecular flexibility index (Phi) is 6.64. The van der Waals surface area contributed by atoms with E-state index in [1.807, 2.05) is 0 Å². The van der Waals surface area contributed by atoms with Crippen LogP contribution in [0.2, 0.25) is 4.34 Å². The Balaban J connectivity index is 1.63. The molecular weight excluding hydrogens is 452 g/mol. The number of amides is 1. The van der Waals surface area contributed by atoms with Crippen LogP contribution in [-0.4, -0.2) is 39.0 Å². The van der Waals surface area contributed by atoms with Crippen molar-refractivity contribution in [2.75, 3.05) is 13.2 Å². The number of nitrogens with zero attached hydrogens (tertiary/aromatic N) is 3. The highest BCUT2D eigenvalue weighted by atomic mass is 35.5. The number of rotatable bonds is 8. The van der Waals surface area contributed by atoms with Crippen LogP contribution in [0.4, 0.5) is 0 Å². The molecule has 0 atom stereocenters. The molecule has 0 fully saturated rings. The summed E-state index contributed by atoms with van der Waals surface area (Å²) in [7, 11) is 0. The van der Waals surface area contributed by atoms with Crippen LogP contribution in [-0.2, 0) is 6.54 Å². The lowest BCUT2D eigenvalue weighted by Crippen LogP contribution is -2.22. The number of hydrogen-bond donors (Lipinski definition) is 3. The van der Waals surface area contributed by atoms with Gasteiger partial charge in [0.1, 0.15) is 23.7 Å². The van der Waals surface area contributed by atoms with Crippen molar-refractivity contribution < 1.29 is 9.53 Å². The number of pyridine rings is 1. The maximum absolute atomic E-state index is 12.4. The maximum atomic E-state index is 12.4. The summed E-state index contributed by atoms with van der Waals surface area (Å²) in [5.74, 6) is 0.240. The van der Waals surface area contributed by atoms with Crippen molar-refractivity contribution in [1.29, 1.82) is 0 Å². The first-order valence-corrected chi connectivity index (χ1v) is 10.8. The smallest absolute Gasteiger partial charge is 0.261 e. The Hall–Kier alpha value is -3.47. The van der Waals surface area contributed by atoms with E-state index in [4.69, 9.17) is 22.1 Å². The van der Waals surface area contributed by atoms with Gasteiger partial charge in [-0.15, -0.1) is 11.3 Å². The number of nitrogens with two attached hydrogens (primary N) is 1.